The second-order valence-corrected chi connectivity index (χ2v) is 14.2. The fourth-order valence-corrected chi connectivity index (χ4v) is 8.67. The average molecular weight is 706 g/mol. The Morgan fingerprint density at radius 2 is 0.891 bits per heavy atom. The zero-order valence-electron chi connectivity index (χ0n) is 29.6. The van der Waals surface area contributed by atoms with E-state index in [1.807, 2.05) is 12.1 Å². The van der Waals surface area contributed by atoms with Gasteiger partial charge < -0.3 is 18.6 Å². The highest BCUT2D eigenvalue weighted by Gasteiger charge is 2.26. The third-order valence-electron chi connectivity index (χ3n) is 11.0. The summed E-state index contributed by atoms with van der Waals surface area (Å²) in [5.41, 5.74) is 12.1. The van der Waals surface area contributed by atoms with E-state index in [1.54, 1.807) is 0 Å². The van der Waals surface area contributed by atoms with Crippen molar-refractivity contribution >= 4 is 105 Å². The molecule has 4 aromatic heterocycles. The van der Waals surface area contributed by atoms with Crippen LogP contribution >= 0.6 is 0 Å². The monoisotopic (exact) mass is 705 g/mol. The van der Waals surface area contributed by atoms with Gasteiger partial charge in [-0.2, -0.15) is 0 Å². The SMILES string of the molecule is c1ccc(N(c2ccccc2)c2ccc3cc4c(cc3c2)oc2c4c3cccc4c5oc6cc(N(c7ccccc7)c7ccccc7)ccc6c5n2c43)cc1. The molecule has 0 aliphatic rings. The number of para-hydroxylation sites is 5. The maximum absolute atomic E-state index is 6.92. The molecule has 8 aromatic carbocycles. The molecule has 0 amide bonds. The van der Waals surface area contributed by atoms with E-state index in [0.29, 0.717) is 0 Å². The van der Waals surface area contributed by atoms with Gasteiger partial charge in [-0.25, -0.2) is 0 Å². The first-order valence-electron chi connectivity index (χ1n) is 18.6. The van der Waals surface area contributed by atoms with Crippen molar-refractivity contribution in [3.05, 3.63) is 188 Å². The second-order valence-electron chi connectivity index (χ2n) is 14.2. The van der Waals surface area contributed by atoms with Gasteiger partial charge in [-0.15, -0.1) is 0 Å². The Morgan fingerprint density at radius 3 is 1.51 bits per heavy atom. The summed E-state index contributed by atoms with van der Waals surface area (Å²) in [6, 6.07) is 66.2. The first-order chi connectivity index (χ1) is 27.3. The molecule has 0 atom stereocenters. The second kappa shape index (κ2) is 11.5. The van der Waals surface area contributed by atoms with Crippen LogP contribution in [0.3, 0.4) is 0 Å². The van der Waals surface area contributed by atoms with Gasteiger partial charge in [0.15, 0.2) is 5.58 Å². The molecule has 0 radical (unpaired) electrons. The molecule has 0 saturated carbocycles. The zero-order valence-corrected chi connectivity index (χ0v) is 29.6. The molecule has 0 aliphatic carbocycles. The molecule has 4 heterocycles. The predicted octanol–water partition coefficient (Wildman–Crippen LogP) is 14.4. The van der Waals surface area contributed by atoms with Crippen LogP contribution in [0, 0.1) is 0 Å². The van der Waals surface area contributed by atoms with Crippen LogP contribution in [0.5, 0.6) is 0 Å². The van der Waals surface area contributed by atoms with E-state index in [0.717, 1.165) is 105 Å². The summed E-state index contributed by atoms with van der Waals surface area (Å²) in [6.07, 6.45) is 0. The summed E-state index contributed by atoms with van der Waals surface area (Å²) < 4.78 is 16.0. The van der Waals surface area contributed by atoms with Crippen LogP contribution in [0.4, 0.5) is 34.1 Å². The van der Waals surface area contributed by atoms with Crippen LogP contribution < -0.4 is 9.80 Å². The van der Waals surface area contributed by atoms with Gasteiger partial charge in [0.1, 0.15) is 16.7 Å². The molecular formula is C50H31N3O2. The summed E-state index contributed by atoms with van der Waals surface area (Å²) in [5, 5.41) is 7.82. The number of fused-ring (bicyclic) bond motifs is 11. The van der Waals surface area contributed by atoms with Crippen molar-refractivity contribution < 1.29 is 8.83 Å². The third-order valence-corrected chi connectivity index (χ3v) is 11.0. The molecule has 12 aromatic rings. The van der Waals surface area contributed by atoms with Crippen LogP contribution in [-0.4, -0.2) is 4.40 Å². The average Bonchev–Trinajstić information content (AvgIpc) is 3.97. The van der Waals surface area contributed by atoms with Crippen LogP contribution in [0.25, 0.3) is 71.2 Å². The number of hydrogen-bond acceptors (Lipinski definition) is 4. The fraction of sp³-hybridized carbons (Fsp3) is 0. The summed E-state index contributed by atoms with van der Waals surface area (Å²) >= 11 is 0. The fourth-order valence-electron chi connectivity index (χ4n) is 8.67. The third kappa shape index (κ3) is 4.41. The minimum Gasteiger partial charge on any atom is -0.454 e. The molecular weight excluding hydrogens is 675 g/mol. The first kappa shape index (κ1) is 30.0. The van der Waals surface area contributed by atoms with E-state index in [4.69, 9.17) is 8.83 Å². The van der Waals surface area contributed by atoms with Gasteiger partial charge in [-0.3, -0.25) is 4.40 Å². The van der Waals surface area contributed by atoms with Gasteiger partial charge in [-0.05, 0) is 102 Å². The van der Waals surface area contributed by atoms with Crippen molar-refractivity contribution in [3.63, 3.8) is 0 Å². The van der Waals surface area contributed by atoms with Crippen molar-refractivity contribution in [3.8, 4) is 0 Å². The van der Waals surface area contributed by atoms with Crippen molar-refractivity contribution in [1.82, 2.24) is 4.40 Å². The lowest BCUT2D eigenvalue weighted by molar-refractivity contribution is 0.651. The largest absolute Gasteiger partial charge is 0.454 e. The number of furan rings is 2. The van der Waals surface area contributed by atoms with Gasteiger partial charge in [0, 0.05) is 61.7 Å². The summed E-state index contributed by atoms with van der Waals surface area (Å²) in [5.74, 6) is 0. The lowest BCUT2D eigenvalue weighted by atomic mass is 10.0. The van der Waals surface area contributed by atoms with Crippen molar-refractivity contribution in [2.75, 3.05) is 9.80 Å². The molecule has 0 aliphatic heterocycles. The Morgan fingerprint density at radius 1 is 0.345 bits per heavy atom. The number of anilines is 6. The molecule has 0 bridgehead atoms. The molecule has 0 fully saturated rings. The van der Waals surface area contributed by atoms with Crippen LogP contribution in [0.1, 0.15) is 0 Å². The van der Waals surface area contributed by atoms with Crippen LogP contribution in [0.2, 0.25) is 0 Å². The molecule has 55 heavy (non-hydrogen) atoms. The summed E-state index contributed by atoms with van der Waals surface area (Å²) in [4.78, 5) is 4.56. The van der Waals surface area contributed by atoms with Crippen molar-refractivity contribution in [2.24, 2.45) is 0 Å². The molecule has 5 nitrogen and oxygen atoms in total. The van der Waals surface area contributed by atoms with Crippen LogP contribution in [0.15, 0.2) is 197 Å². The van der Waals surface area contributed by atoms with Gasteiger partial charge in [0.2, 0.25) is 5.71 Å². The Kier molecular flexibility index (Phi) is 6.27. The molecule has 0 saturated heterocycles. The van der Waals surface area contributed by atoms with E-state index in [2.05, 4.69) is 190 Å². The molecule has 0 unspecified atom stereocenters. The number of aromatic nitrogens is 1. The quantitative estimate of drug-likeness (QED) is 0.173. The van der Waals surface area contributed by atoms with Crippen LogP contribution in [-0.2, 0) is 0 Å². The molecule has 5 heteroatoms. The molecule has 258 valence electrons. The number of hydrogen-bond donors (Lipinski definition) is 0. The van der Waals surface area contributed by atoms with Gasteiger partial charge in [0.25, 0.3) is 0 Å². The number of nitrogens with zero attached hydrogens (tertiary/aromatic N) is 3. The Bertz CT molecular complexity index is 3290. The molecule has 0 N–H and O–H groups in total. The molecule has 12 rings (SSSR count). The van der Waals surface area contributed by atoms with Gasteiger partial charge in [0.05, 0.1) is 10.9 Å². The topological polar surface area (TPSA) is 37.2 Å². The smallest absolute Gasteiger partial charge is 0.213 e. The standard InChI is InChI=1S/C50H31N3O2/c1-5-14-34(15-6-1)51(35-16-7-2-8-17-35)38-25-24-32-29-43-44(30-33(32)28-38)55-50-46(43)41-22-13-23-42-47(41)53(50)48-40-27-26-39(31-45(40)54-49(42)48)52(36-18-9-3-10-19-36)37-20-11-4-12-21-37/h1-31H. The summed E-state index contributed by atoms with van der Waals surface area (Å²) in [7, 11) is 0. The van der Waals surface area contributed by atoms with Crippen molar-refractivity contribution in [1.29, 1.82) is 0 Å². The highest BCUT2D eigenvalue weighted by Crippen LogP contribution is 2.47. The highest BCUT2D eigenvalue weighted by molar-refractivity contribution is 6.30. The van der Waals surface area contributed by atoms with E-state index in [1.165, 1.54) is 0 Å². The lowest BCUT2D eigenvalue weighted by Gasteiger charge is -2.25. The Hall–Kier alpha value is -7.50. The lowest BCUT2D eigenvalue weighted by Crippen LogP contribution is -2.09. The predicted molar refractivity (Wildman–Crippen MR) is 228 cm³/mol. The van der Waals surface area contributed by atoms with E-state index in [9.17, 15) is 0 Å². The minimum absolute atomic E-state index is 0.833. The van der Waals surface area contributed by atoms with Gasteiger partial charge >= 0.3 is 0 Å². The maximum atomic E-state index is 6.92. The summed E-state index contributed by atoms with van der Waals surface area (Å²) in [6.45, 7) is 0. The minimum atomic E-state index is 0.833. The van der Waals surface area contributed by atoms with Gasteiger partial charge in [-0.1, -0.05) is 91.0 Å². The van der Waals surface area contributed by atoms with E-state index < -0.39 is 0 Å². The van der Waals surface area contributed by atoms with Crippen molar-refractivity contribution in [2.45, 2.75) is 0 Å². The first-order valence-corrected chi connectivity index (χ1v) is 18.6. The Balaban J connectivity index is 1.05. The number of benzene rings is 8. The maximum Gasteiger partial charge on any atom is 0.213 e. The highest BCUT2D eigenvalue weighted by atomic mass is 16.3. The number of rotatable bonds is 6. The Labute approximate surface area is 315 Å². The normalized spacial score (nSPS) is 12.0. The van der Waals surface area contributed by atoms with E-state index in [-0.39, 0.29) is 0 Å². The zero-order chi connectivity index (χ0) is 36.0. The van der Waals surface area contributed by atoms with E-state index >= 15 is 0 Å². The molecule has 0 spiro atoms.